The Morgan fingerprint density at radius 1 is 0.889 bits per heavy atom. The number of para-hydroxylation sites is 1. The Labute approximate surface area is 155 Å². The molecule has 0 radical (unpaired) electrons. The topological polar surface area (TPSA) is 66.9 Å². The van der Waals surface area contributed by atoms with Crippen LogP contribution in [0.2, 0.25) is 0 Å². The zero-order chi connectivity index (χ0) is 19.1. The minimum atomic E-state index is -0.854. The molecule has 2 aromatic carbocycles. The third-order valence-corrected chi connectivity index (χ3v) is 3.89. The van der Waals surface area contributed by atoms with Gasteiger partial charge in [0.2, 0.25) is 0 Å². The number of aromatic nitrogens is 2. The van der Waals surface area contributed by atoms with Crippen LogP contribution < -0.4 is 10.6 Å². The number of carbonyl (C=O) groups is 1. The molecule has 0 saturated heterocycles. The van der Waals surface area contributed by atoms with E-state index in [4.69, 9.17) is 0 Å². The summed E-state index contributed by atoms with van der Waals surface area (Å²) in [4.78, 5) is 12.1. The van der Waals surface area contributed by atoms with Gasteiger partial charge in [0.15, 0.2) is 5.69 Å². The van der Waals surface area contributed by atoms with Gasteiger partial charge in [-0.15, -0.1) is 10.2 Å². The Balaban J connectivity index is 1.51. The highest BCUT2D eigenvalue weighted by Gasteiger charge is 2.14. The summed E-state index contributed by atoms with van der Waals surface area (Å²) in [5.41, 5.74) is 0.720. The third kappa shape index (κ3) is 5.07. The van der Waals surface area contributed by atoms with E-state index in [1.807, 2.05) is 18.2 Å². The summed E-state index contributed by atoms with van der Waals surface area (Å²) < 4.78 is 27.2. The van der Waals surface area contributed by atoms with Crippen molar-refractivity contribution in [2.24, 2.45) is 0 Å². The molecule has 0 aliphatic heterocycles. The Bertz CT molecular complexity index is 881. The monoisotopic (exact) mass is 368 g/mol. The second-order valence-corrected chi connectivity index (χ2v) is 5.87. The van der Waals surface area contributed by atoms with Crippen LogP contribution in [0.1, 0.15) is 22.5 Å². The first-order valence-corrected chi connectivity index (χ1v) is 8.50. The van der Waals surface area contributed by atoms with E-state index < -0.39 is 23.2 Å². The molecule has 0 saturated carbocycles. The largest absolute Gasteiger partial charge is 0.369 e. The molecule has 0 atom stereocenters. The Hall–Kier alpha value is -3.35. The van der Waals surface area contributed by atoms with Gasteiger partial charge in [0, 0.05) is 6.54 Å². The summed E-state index contributed by atoms with van der Waals surface area (Å²) in [6.45, 7) is 0.704. The summed E-state index contributed by atoms with van der Waals surface area (Å²) in [7, 11) is 0. The van der Waals surface area contributed by atoms with Crippen molar-refractivity contribution in [1.82, 2.24) is 10.2 Å². The summed E-state index contributed by atoms with van der Waals surface area (Å²) in [5.74, 6) is -1.92. The Kier molecular flexibility index (Phi) is 6.04. The first kappa shape index (κ1) is 18.4. The predicted molar refractivity (Wildman–Crippen MR) is 99.6 cm³/mol. The van der Waals surface area contributed by atoms with E-state index in [9.17, 15) is 13.6 Å². The molecule has 0 bridgehead atoms. The number of hydrogen-bond acceptors (Lipinski definition) is 4. The first-order chi connectivity index (χ1) is 13.1. The van der Waals surface area contributed by atoms with E-state index in [-0.39, 0.29) is 5.69 Å². The number of nitrogens with zero attached hydrogens (tertiary/aromatic N) is 2. The fourth-order valence-electron chi connectivity index (χ4n) is 2.50. The number of hydrogen-bond donors (Lipinski definition) is 2. The maximum absolute atomic E-state index is 13.6. The molecule has 0 spiro atoms. The summed E-state index contributed by atoms with van der Waals surface area (Å²) >= 11 is 0. The molecule has 1 heterocycles. The van der Waals surface area contributed by atoms with Gasteiger partial charge < -0.3 is 10.6 Å². The molecule has 0 aliphatic carbocycles. The Morgan fingerprint density at radius 2 is 1.63 bits per heavy atom. The van der Waals surface area contributed by atoms with Crippen molar-refractivity contribution in [1.29, 1.82) is 0 Å². The zero-order valence-corrected chi connectivity index (χ0v) is 14.5. The van der Waals surface area contributed by atoms with E-state index in [0.717, 1.165) is 25.0 Å². The highest BCUT2D eigenvalue weighted by Crippen LogP contribution is 2.18. The molecule has 27 heavy (non-hydrogen) atoms. The number of rotatable bonds is 7. The average Bonchev–Trinajstić information content (AvgIpc) is 2.69. The van der Waals surface area contributed by atoms with Crippen LogP contribution in [0.3, 0.4) is 0 Å². The minimum absolute atomic E-state index is 0.0347. The molecule has 0 aliphatic rings. The quantitative estimate of drug-likeness (QED) is 0.618. The van der Waals surface area contributed by atoms with Gasteiger partial charge in [-0.25, -0.2) is 8.78 Å². The number of carbonyl (C=O) groups excluding carboxylic acids is 1. The second-order valence-electron chi connectivity index (χ2n) is 5.87. The highest BCUT2D eigenvalue weighted by molar-refractivity contribution is 6.02. The summed E-state index contributed by atoms with van der Waals surface area (Å²) in [6.07, 6.45) is 1.86. The van der Waals surface area contributed by atoms with Gasteiger partial charge in [0.05, 0.1) is 0 Å². The molecular weight excluding hydrogens is 350 g/mol. The van der Waals surface area contributed by atoms with Crippen LogP contribution in [0.15, 0.2) is 60.7 Å². The number of nitrogens with one attached hydrogen (secondary N) is 2. The molecule has 138 valence electrons. The lowest BCUT2D eigenvalue weighted by Gasteiger charge is -2.08. The van der Waals surface area contributed by atoms with E-state index in [1.54, 1.807) is 6.07 Å². The predicted octanol–water partition coefficient (Wildman–Crippen LogP) is 4.05. The van der Waals surface area contributed by atoms with Crippen molar-refractivity contribution >= 4 is 17.4 Å². The van der Waals surface area contributed by atoms with Crippen LogP contribution in [0.5, 0.6) is 0 Å². The first-order valence-electron chi connectivity index (χ1n) is 8.50. The zero-order valence-electron chi connectivity index (χ0n) is 14.5. The maximum atomic E-state index is 13.6. The third-order valence-electron chi connectivity index (χ3n) is 3.89. The van der Waals surface area contributed by atoms with E-state index in [1.165, 1.54) is 17.7 Å². The number of benzene rings is 2. The van der Waals surface area contributed by atoms with Crippen molar-refractivity contribution in [2.75, 3.05) is 17.2 Å². The van der Waals surface area contributed by atoms with Crippen molar-refractivity contribution in [3.05, 3.63) is 83.6 Å². The van der Waals surface area contributed by atoms with Crippen LogP contribution in [0.4, 0.5) is 20.3 Å². The van der Waals surface area contributed by atoms with Crippen molar-refractivity contribution in [3.8, 4) is 0 Å². The minimum Gasteiger partial charge on any atom is -0.369 e. The number of anilines is 2. The fourth-order valence-corrected chi connectivity index (χ4v) is 2.50. The summed E-state index contributed by atoms with van der Waals surface area (Å²) in [5, 5.41) is 13.0. The lowest BCUT2D eigenvalue weighted by molar-refractivity contribution is 0.102. The standard InChI is InChI=1S/C20H18F2N4O/c21-15-9-4-10-16(22)19(15)24-20(27)17-11-12-18(26-25-17)23-13-5-8-14-6-2-1-3-7-14/h1-4,6-7,9-12H,5,8,13H2,(H,23,26)(H,24,27). The molecule has 0 unspecified atom stereocenters. The molecule has 5 nitrogen and oxygen atoms in total. The summed E-state index contributed by atoms with van der Waals surface area (Å²) in [6, 6.07) is 16.5. The van der Waals surface area contributed by atoms with Gasteiger partial charge in [-0.3, -0.25) is 4.79 Å². The van der Waals surface area contributed by atoms with Crippen molar-refractivity contribution in [2.45, 2.75) is 12.8 Å². The molecule has 0 fully saturated rings. The second kappa shape index (κ2) is 8.84. The smallest absolute Gasteiger partial charge is 0.276 e. The van der Waals surface area contributed by atoms with E-state index in [2.05, 4.69) is 33.0 Å². The molecule has 1 aromatic heterocycles. The van der Waals surface area contributed by atoms with Gasteiger partial charge >= 0.3 is 0 Å². The van der Waals surface area contributed by atoms with Gasteiger partial charge in [0.25, 0.3) is 5.91 Å². The van der Waals surface area contributed by atoms with E-state index in [0.29, 0.717) is 12.4 Å². The number of aryl methyl sites for hydroxylation is 1. The van der Waals surface area contributed by atoms with Gasteiger partial charge in [-0.2, -0.15) is 0 Å². The molecule has 7 heteroatoms. The average molecular weight is 368 g/mol. The van der Waals surface area contributed by atoms with E-state index >= 15 is 0 Å². The lowest BCUT2D eigenvalue weighted by Crippen LogP contribution is -2.17. The van der Waals surface area contributed by atoms with Crippen LogP contribution in [-0.2, 0) is 6.42 Å². The van der Waals surface area contributed by atoms with Crippen LogP contribution in [0, 0.1) is 11.6 Å². The molecule has 3 rings (SSSR count). The number of halogens is 2. The van der Waals surface area contributed by atoms with Crippen LogP contribution in [-0.4, -0.2) is 22.6 Å². The molecule has 1 amide bonds. The van der Waals surface area contributed by atoms with Crippen LogP contribution in [0.25, 0.3) is 0 Å². The lowest BCUT2D eigenvalue weighted by atomic mass is 10.1. The molecule has 2 N–H and O–H groups in total. The van der Waals surface area contributed by atoms with Gasteiger partial charge in [-0.05, 0) is 42.7 Å². The van der Waals surface area contributed by atoms with Crippen LogP contribution >= 0.6 is 0 Å². The van der Waals surface area contributed by atoms with Gasteiger partial charge in [-0.1, -0.05) is 36.4 Å². The Morgan fingerprint density at radius 3 is 2.30 bits per heavy atom. The van der Waals surface area contributed by atoms with Gasteiger partial charge in [0.1, 0.15) is 23.1 Å². The number of amides is 1. The normalized spacial score (nSPS) is 10.4. The maximum Gasteiger partial charge on any atom is 0.276 e. The molecule has 3 aromatic rings. The van der Waals surface area contributed by atoms with Crippen molar-refractivity contribution < 1.29 is 13.6 Å². The van der Waals surface area contributed by atoms with Crippen molar-refractivity contribution in [3.63, 3.8) is 0 Å². The highest BCUT2D eigenvalue weighted by atomic mass is 19.1. The SMILES string of the molecule is O=C(Nc1c(F)cccc1F)c1ccc(NCCCc2ccccc2)nn1. The molecular formula is C20H18F2N4O. The fraction of sp³-hybridized carbons (Fsp3) is 0.150.